The van der Waals surface area contributed by atoms with E-state index in [1.807, 2.05) is 13.0 Å². The number of rotatable bonds is 4. The molecule has 148 valence electrons. The summed E-state index contributed by atoms with van der Waals surface area (Å²) < 4.78 is 30.6. The number of nitrogens with zero attached hydrogens (tertiary/aromatic N) is 1. The number of nitrogens with one attached hydrogen (secondary N) is 1. The van der Waals surface area contributed by atoms with Crippen LogP contribution in [0.5, 0.6) is 5.75 Å². The molecular weight excluding hydrogens is 404 g/mol. The summed E-state index contributed by atoms with van der Waals surface area (Å²) in [7, 11) is -2.29. The van der Waals surface area contributed by atoms with Crippen LogP contribution in [0.25, 0.3) is 0 Å². The smallest absolute Gasteiger partial charge is 0.257 e. The van der Waals surface area contributed by atoms with Gasteiger partial charge >= 0.3 is 0 Å². The Kier molecular flexibility index (Phi) is 5.36. The van der Waals surface area contributed by atoms with E-state index < -0.39 is 27.8 Å². The lowest BCUT2D eigenvalue weighted by Gasteiger charge is -2.17. The molecule has 1 unspecified atom stereocenters. The van der Waals surface area contributed by atoms with Crippen LogP contribution in [0.2, 0.25) is 5.02 Å². The molecule has 7 nitrogen and oxygen atoms in total. The van der Waals surface area contributed by atoms with Crippen LogP contribution in [0.3, 0.4) is 0 Å². The third-order valence-electron chi connectivity index (χ3n) is 4.39. The number of hydrogen-bond donors (Lipinski definition) is 1. The molecule has 0 spiro atoms. The van der Waals surface area contributed by atoms with Gasteiger partial charge in [-0.3, -0.25) is 9.59 Å². The molecule has 9 heteroatoms. The summed E-state index contributed by atoms with van der Waals surface area (Å²) in [6.45, 7) is 3.42. The van der Waals surface area contributed by atoms with Crippen molar-refractivity contribution in [1.82, 2.24) is 0 Å². The molecule has 1 atom stereocenters. The molecular formula is C19H19ClN2O5S. The maximum Gasteiger partial charge on any atom is 0.257 e. The van der Waals surface area contributed by atoms with Crippen molar-refractivity contribution in [3.8, 4) is 5.75 Å². The van der Waals surface area contributed by atoms with Gasteiger partial charge in [0.2, 0.25) is 15.9 Å². The highest BCUT2D eigenvalue weighted by atomic mass is 35.5. The van der Waals surface area contributed by atoms with E-state index in [4.69, 9.17) is 16.3 Å². The normalized spacial score (nSPS) is 18.2. The molecule has 1 aliphatic rings. The average molecular weight is 423 g/mol. The fourth-order valence-electron chi connectivity index (χ4n) is 3.01. The minimum atomic E-state index is -3.78. The van der Waals surface area contributed by atoms with Crippen molar-refractivity contribution in [1.29, 1.82) is 0 Å². The number of carbonyl (C=O) groups is 2. The topological polar surface area (TPSA) is 92.8 Å². The van der Waals surface area contributed by atoms with Crippen LogP contribution in [0, 0.1) is 12.8 Å². The average Bonchev–Trinajstić information content (AvgIpc) is 2.83. The molecule has 0 saturated carbocycles. The van der Waals surface area contributed by atoms with Crippen LogP contribution in [0.4, 0.5) is 11.4 Å². The van der Waals surface area contributed by atoms with Crippen LogP contribution in [0.15, 0.2) is 36.4 Å². The molecule has 0 aromatic heterocycles. The molecule has 2 aromatic carbocycles. The molecule has 1 aliphatic heterocycles. The quantitative estimate of drug-likeness (QED) is 0.816. The van der Waals surface area contributed by atoms with Gasteiger partial charge in [0, 0.05) is 0 Å². The van der Waals surface area contributed by atoms with Gasteiger partial charge in [0.05, 0.1) is 40.7 Å². The van der Waals surface area contributed by atoms with Crippen LogP contribution in [-0.2, 0) is 14.8 Å². The van der Waals surface area contributed by atoms with Crippen molar-refractivity contribution < 1.29 is 22.7 Å². The van der Waals surface area contributed by atoms with Gasteiger partial charge in [0.1, 0.15) is 5.75 Å². The summed E-state index contributed by atoms with van der Waals surface area (Å²) in [5.41, 5.74) is 1.50. The lowest BCUT2D eigenvalue weighted by atomic mass is 10.1. The Morgan fingerprint density at radius 1 is 1.25 bits per heavy atom. The number of benzene rings is 2. The Labute approximate surface area is 168 Å². The van der Waals surface area contributed by atoms with E-state index in [1.165, 1.54) is 25.3 Å². The van der Waals surface area contributed by atoms with E-state index in [-0.39, 0.29) is 22.0 Å². The van der Waals surface area contributed by atoms with Gasteiger partial charge in [-0.1, -0.05) is 24.6 Å². The number of sulfonamides is 1. The molecule has 1 fully saturated rings. The van der Waals surface area contributed by atoms with Crippen molar-refractivity contribution in [2.24, 2.45) is 5.92 Å². The summed E-state index contributed by atoms with van der Waals surface area (Å²) in [5, 5.41) is 2.85. The summed E-state index contributed by atoms with van der Waals surface area (Å²) in [4.78, 5) is 25.1. The van der Waals surface area contributed by atoms with Crippen LogP contribution in [0.1, 0.15) is 22.8 Å². The lowest BCUT2D eigenvalue weighted by molar-refractivity contribution is -0.119. The second kappa shape index (κ2) is 7.44. The summed E-state index contributed by atoms with van der Waals surface area (Å²) in [5.74, 6) is -1.52. The van der Waals surface area contributed by atoms with E-state index in [0.717, 1.165) is 9.87 Å². The van der Waals surface area contributed by atoms with Gasteiger partial charge < -0.3 is 10.1 Å². The van der Waals surface area contributed by atoms with Crippen molar-refractivity contribution >= 4 is 44.8 Å². The molecule has 1 N–H and O–H groups in total. The Balaban J connectivity index is 1.98. The molecule has 2 amide bonds. The first-order valence-corrected chi connectivity index (χ1v) is 10.4. The molecule has 0 aliphatic carbocycles. The maximum atomic E-state index is 12.8. The summed E-state index contributed by atoms with van der Waals surface area (Å²) in [6.07, 6.45) is 0. The Bertz CT molecular complexity index is 1070. The number of carbonyl (C=O) groups excluding carboxylic acids is 2. The first-order chi connectivity index (χ1) is 13.1. The molecule has 0 radical (unpaired) electrons. The highest BCUT2D eigenvalue weighted by molar-refractivity contribution is 7.94. The first kappa shape index (κ1) is 20.2. The van der Waals surface area contributed by atoms with E-state index in [1.54, 1.807) is 19.1 Å². The van der Waals surface area contributed by atoms with Crippen LogP contribution < -0.4 is 14.4 Å². The van der Waals surface area contributed by atoms with E-state index in [0.29, 0.717) is 11.4 Å². The number of halogens is 1. The molecule has 1 heterocycles. The van der Waals surface area contributed by atoms with Gasteiger partial charge in [-0.15, -0.1) is 0 Å². The second-order valence-corrected chi connectivity index (χ2v) is 8.87. The lowest BCUT2D eigenvalue weighted by Crippen LogP contribution is -2.30. The van der Waals surface area contributed by atoms with Gasteiger partial charge in [0.25, 0.3) is 5.91 Å². The molecule has 28 heavy (non-hydrogen) atoms. The van der Waals surface area contributed by atoms with Crippen molar-refractivity contribution in [2.75, 3.05) is 22.5 Å². The van der Waals surface area contributed by atoms with Gasteiger partial charge in [-0.05, 0) is 42.8 Å². The molecule has 3 rings (SSSR count). The maximum absolute atomic E-state index is 12.8. The minimum Gasteiger partial charge on any atom is -0.495 e. The van der Waals surface area contributed by atoms with Gasteiger partial charge in [0.15, 0.2) is 0 Å². The van der Waals surface area contributed by atoms with Crippen LogP contribution in [-0.4, -0.2) is 33.1 Å². The zero-order valence-electron chi connectivity index (χ0n) is 15.5. The number of methoxy groups -OCH3 is 1. The standard InChI is InChI=1S/C19H19ClN2O5S/c1-11-4-7-17(27-3)16(8-11)21-18(23)14-9-13(5-6-15(14)20)22-19(24)12(2)10-28(22,25)26/h4-9,12H,10H2,1-3H3,(H,21,23). The predicted molar refractivity (Wildman–Crippen MR) is 108 cm³/mol. The van der Waals surface area contributed by atoms with Crippen molar-refractivity contribution in [2.45, 2.75) is 13.8 Å². The van der Waals surface area contributed by atoms with E-state index in [9.17, 15) is 18.0 Å². The van der Waals surface area contributed by atoms with Crippen LogP contribution >= 0.6 is 11.6 Å². The fourth-order valence-corrected chi connectivity index (χ4v) is 5.03. The molecule has 2 aromatic rings. The van der Waals surface area contributed by atoms with Crippen molar-refractivity contribution in [3.05, 3.63) is 52.5 Å². The summed E-state index contributed by atoms with van der Waals surface area (Å²) >= 11 is 6.16. The zero-order chi connectivity index (χ0) is 20.6. The number of amides is 2. The van der Waals surface area contributed by atoms with E-state index >= 15 is 0 Å². The van der Waals surface area contributed by atoms with E-state index in [2.05, 4.69) is 5.32 Å². The molecule has 1 saturated heterocycles. The number of ether oxygens (including phenoxy) is 1. The van der Waals surface area contributed by atoms with Gasteiger partial charge in [-0.2, -0.15) is 0 Å². The summed E-state index contributed by atoms with van der Waals surface area (Å²) in [6, 6.07) is 9.40. The predicted octanol–water partition coefficient (Wildman–Crippen LogP) is 3.22. The van der Waals surface area contributed by atoms with Crippen molar-refractivity contribution in [3.63, 3.8) is 0 Å². The Morgan fingerprint density at radius 2 is 1.96 bits per heavy atom. The first-order valence-electron chi connectivity index (χ1n) is 8.46. The largest absolute Gasteiger partial charge is 0.495 e. The third-order valence-corrected chi connectivity index (χ3v) is 6.59. The van der Waals surface area contributed by atoms with Gasteiger partial charge in [-0.25, -0.2) is 12.7 Å². The zero-order valence-corrected chi connectivity index (χ0v) is 17.1. The number of hydrogen-bond acceptors (Lipinski definition) is 5. The monoisotopic (exact) mass is 422 g/mol. The Morgan fingerprint density at radius 3 is 2.57 bits per heavy atom. The molecule has 0 bridgehead atoms. The highest BCUT2D eigenvalue weighted by Crippen LogP contribution is 2.32. The third kappa shape index (κ3) is 3.70. The SMILES string of the molecule is COc1ccc(C)cc1NC(=O)c1cc(N2C(=O)C(C)CS2(=O)=O)ccc1Cl. The fraction of sp³-hybridized carbons (Fsp3) is 0.263. The minimum absolute atomic E-state index is 0.0466. The number of anilines is 2. The Hall–Kier alpha value is -2.58. The number of aryl methyl sites for hydroxylation is 1. The second-order valence-electron chi connectivity index (χ2n) is 6.60. The highest BCUT2D eigenvalue weighted by Gasteiger charge is 2.42.